The first-order valence-electron chi connectivity index (χ1n) is 6.27. The molecule has 2 rings (SSSR count). The van der Waals surface area contributed by atoms with Crippen LogP contribution in [-0.4, -0.2) is 27.2 Å². The molecule has 104 valence electrons. The predicted octanol–water partition coefficient (Wildman–Crippen LogP) is 4.83. The van der Waals surface area contributed by atoms with Crippen molar-refractivity contribution >= 4 is 0 Å². The van der Waals surface area contributed by atoms with Gasteiger partial charge in [-0.3, -0.25) is 0 Å². The molecule has 0 unspecified atom stereocenters. The Labute approximate surface area is 138 Å². The van der Waals surface area contributed by atoms with E-state index in [2.05, 4.69) is 10.6 Å². The van der Waals surface area contributed by atoms with E-state index in [9.17, 15) is 0 Å². The normalized spacial score (nSPS) is 7.37. The number of nitrogens with zero attached hydrogens (tertiary/aromatic N) is 2. The molecule has 0 aliphatic carbocycles. The maximum absolute atomic E-state index is 3.74. The minimum atomic E-state index is 0. The third-order valence-corrected chi connectivity index (χ3v) is 1.74. The van der Waals surface area contributed by atoms with Crippen LogP contribution in [0.25, 0.3) is 10.6 Å². The van der Waals surface area contributed by atoms with Gasteiger partial charge < -0.3 is 10.6 Å². The van der Waals surface area contributed by atoms with Crippen molar-refractivity contribution in [2.45, 2.75) is 13.8 Å². The Kier molecular flexibility index (Phi) is 32.4. The topological polar surface area (TPSA) is 28.2 Å². The molecule has 0 saturated carbocycles. The molecule has 0 aliphatic heterocycles. The van der Waals surface area contributed by atoms with Gasteiger partial charge in [0, 0.05) is 0 Å². The minimum absolute atomic E-state index is 0. The third kappa shape index (κ3) is 31.8. The van der Waals surface area contributed by atoms with Gasteiger partial charge in [0.15, 0.2) is 0 Å². The molecule has 0 spiro atoms. The van der Waals surface area contributed by atoms with Crippen molar-refractivity contribution in [1.29, 1.82) is 0 Å². The van der Waals surface area contributed by atoms with E-state index in [4.69, 9.17) is 0 Å². The van der Waals surface area contributed by atoms with Gasteiger partial charge in [0.05, 0.1) is 0 Å². The van der Waals surface area contributed by atoms with Crippen molar-refractivity contribution in [3.63, 3.8) is 0 Å². The molecule has 0 aliphatic rings. The maximum Gasteiger partial charge on any atom is 4.00 e. The van der Waals surface area contributed by atoms with Crippen LogP contribution in [-0.2, 0) is 25.8 Å². The summed E-state index contributed by atoms with van der Waals surface area (Å²) in [6.45, 7) is 5.92. The molecule has 0 N–H and O–H groups in total. The molecule has 2 aromatic rings. The molecule has 0 saturated heterocycles. The standard InChI is InChI=1S/2C5H5.2C3H8N.Hf/c2*1-2-4-5-3-1;2*1-3-4-2;/h2*1-5H;2*3H2,1-2H3;/q4*-1;+4. The van der Waals surface area contributed by atoms with Gasteiger partial charge >= 0.3 is 25.8 Å². The molecule has 0 amide bonds. The predicted molar refractivity (Wildman–Crippen MR) is 83.7 cm³/mol. The second-order valence-electron chi connectivity index (χ2n) is 3.19. The monoisotopic (exact) mass is 426 g/mol. The van der Waals surface area contributed by atoms with Crippen molar-refractivity contribution < 1.29 is 25.8 Å². The largest absolute Gasteiger partial charge is 4.00 e. The zero-order valence-electron chi connectivity index (χ0n) is 12.6. The number of hydrogen-bond acceptors (Lipinski definition) is 0. The summed E-state index contributed by atoms with van der Waals surface area (Å²) in [6.07, 6.45) is 0. The van der Waals surface area contributed by atoms with Crippen LogP contribution in [0.2, 0.25) is 0 Å². The minimum Gasteiger partial charge on any atom is -0.665 e. The Morgan fingerprint density at radius 2 is 0.895 bits per heavy atom. The second-order valence-corrected chi connectivity index (χ2v) is 3.19. The van der Waals surface area contributed by atoms with Crippen LogP contribution in [0.1, 0.15) is 13.8 Å². The summed E-state index contributed by atoms with van der Waals surface area (Å²) in [7, 11) is 3.61. The van der Waals surface area contributed by atoms with Gasteiger partial charge in [0.1, 0.15) is 0 Å². The molecular formula is C16H26HfN2. The van der Waals surface area contributed by atoms with Crippen molar-refractivity contribution in [3.05, 3.63) is 71.3 Å². The summed E-state index contributed by atoms with van der Waals surface area (Å²) in [5.41, 5.74) is 0. The summed E-state index contributed by atoms with van der Waals surface area (Å²) >= 11 is 0. The molecular weight excluding hydrogens is 399 g/mol. The molecule has 2 nitrogen and oxygen atoms in total. The van der Waals surface area contributed by atoms with Gasteiger partial charge in [0.25, 0.3) is 0 Å². The van der Waals surface area contributed by atoms with Gasteiger partial charge in [-0.25, -0.2) is 24.3 Å². The maximum atomic E-state index is 3.74. The van der Waals surface area contributed by atoms with E-state index >= 15 is 0 Å². The van der Waals surface area contributed by atoms with E-state index in [1.807, 2.05) is 74.5 Å². The molecule has 0 bridgehead atoms. The van der Waals surface area contributed by atoms with Crippen LogP contribution < -0.4 is 0 Å². The third-order valence-electron chi connectivity index (χ3n) is 1.74. The smallest absolute Gasteiger partial charge is 0.665 e. The summed E-state index contributed by atoms with van der Waals surface area (Å²) < 4.78 is 0. The Morgan fingerprint density at radius 3 is 0.947 bits per heavy atom. The number of rotatable bonds is 2. The van der Waals surface area contributed by atoms with E-state index in [0.717, 1.165) is 13.1 Å². The Bertz CT molecular complexity index is 196. The van der Waals surface area contributed by atoms with E-state index in [1.54, 1.807) is 14.1 Å². The molecule has 19 heavy (non-hydrogen) atoms. The summed E-state index contributed by atoms with van der Waals surface area (Å²) in [5.74, 6) is 0. The fraction of sp³-hybridized carbons (Fsp3) is 0.375. The van der Waals surface area contributed by atoms with Crippen LogP contribution in [0, 0.1) is 0 Å². The van der Waals surface area contributed by atoms with Crippen molar-refractivity contribution in [3.8, 4) is 0 Å². The van der Waals surface area contributed by atoms with Crippen molar-refractivity contribution in [2.24, 2.45) is 0 Å². The summed E-state index contributed by atoms with van der Waals surface area (Å²) in [4.78, 5) is 0. The van der Waals surface area contributed by atoms with E-state index in [-0.39, 0.29) is 25.8 Å². The first-order chi connectivity index (χ1) is 8.83. The molecule has 2 aromatic carbocycles. The molecule has 3 heteroatoms. The molecule has 0 atom stereocenters. The van der Waals surface area contributed by atoms with Crippen LogP contribution in [0.3, 0.4) is 0 Å². The van der Waals surface area contributed by atoms with Gasteiger partial charge in [-0.1, -0.05) is 13.8 Å². The van der Waals surface area contributed by atoms with Gasteiger partial charge in [-0.05, 0) is 0 Å². The van der Waals surface area contributed by atoms with Crippen LogP contribution in [0.15, 0.2) is 60.7 Å². The van der Waals surface area contributed by atoms with Crippen molar-refractivity contribution in [1.82, 2.24) is 0 Å². The zero-order valence-corrected chi connectivity index (χ0v) is 16.2. The average molecular weight is 425 g/mol. The zero-order chi connectivity index (χ0) is 13.9. The molecule has 0 fully saturated rings. The quantitative estimate of drug-likeness (QED) is 0.488. The summed E-state index contributed by atoms with van der Waals surface area (Å²) in [5, 5.41) is 7.47. The summed E-state index contributed by atoms with van der Waals surface area (Å²) in [6, 6.07) is 20.0. The second kappa shape index (κ2) is 26.1. The molecule has 0 aromatic heterocycles. The SMILES string of the molecule is CC[N-]C.CC[N-]C.[Hf+4].c1cc[cH-]c1.c1cc[cH-]c1. The van der Waals surface area contributed by atoms with E-state index < -0.39 is 0 Å². The van der Waals surface area contributed by atoms with Crippen LogP contribution in [0.5, 0.6) is 0 Å². The Morgan fingerprint density at radius 1 is 0.684 bits per heavy atom. The first kappa shape index (κ1) is 23.6. The van der Waals surface area contributed by atoms with Gasteiger partial charge in [0.2, 0.25) is 0 Å². The van der Waals surface area contributed by atoms with E-state index in [0.29, 0.717) is 0 Å². The van der Waals surface area contributed by atoms with E-state index in [1.165, 1.54) is 0 Å². The van der Waals surface area contributed by atoms with Gasteiger partial charge in [-0.15, -0.1) is 0 Å². The average Bonchev–Trinajstić information content (AvgIpc) is 3.14. The molecule has 0 heterocycles. The first-order valence-corrected chi connectivity index (χ1v) is 6.27. The van der Waals surface area contributed by atoms with Crippen molar-refractivity contribution in [2.75, 3.05) is 27.2 Å². The van der Waals surface area contributed by atoms with Gasteiger partial charge in [-0.2, -0.15) is 63.6 Å². The fourth-order valence-electron chi connectivity index (χ4n) is 0.642. The number of hydrogen-bond donors (Lipinski definition) is 0. The fourth-order valence-corrected chi connectivity index (χ4v) is 0.642. The Balaban J connectivity index is -0.000000178. The van der Waals surface area contributed by atoms with Crippen LogP contribution in [0.4, 0.5) is 0 Å². The van der Waals surface area contributed by atoms with Crippen LogP contribution >= 0.6 is 0 Å². The Hall–Kier alpha value is -0.510. The molecule has 0 radical (unpaired) electrons.